The zero-order chi connectivity index (χ0) is 17.4. The van der Waals surface area contributed by atoms with Crippen LogP contribution >= 0.6 is 11.8 Å². The van der Waals surface area contributed by atoms with E-state index in [0.717, 1.165) is 17.0 Å². The topological polar surface area (TPSA) is 82.0 Å². The summed E-state index contributed by atoms with van der Waals surface area (Å²) in [7, 11) is 0. The van der Waals surface area contributed by atoms with Crippen molar-refractivity contribution in [3.63, 3.8) is 0 Å². The first kappa shape index (κ1) is 15.8. The summed E-state index contributed by atoms with van der Waals surface area (Å²) in [6.45, 7) is 5.97. The summed E-state index contributed by atoms with van der Waals surface area (Å²) in [6, 6.07) is 9.99. The molecular formula is C17H16N6OS. The smallest absolute Gasteiger partial charge is 0.253 e. The molecule has 0 aliphatic carbocycles. The SMILES string of the molecule is Cc1ccc(-c2noc(CSc3nc4nc(C)cc(C)n4n3)n2)cc1. The Balaban J connectivity index is 1.50. The van der Waals surface area contributed by atoms with E-state index in [-0.39, 0.29) is 0 Å². The molecular weight excluding hydrogens is 336 g/mol. The second-order valence-corrected chi connectivity index (χ2v) is 6.75. The first-order valence-electron chi connectivity index (χ1n) is 7.82. The number of hydrogen-bond acceptors (Lipinski definition) is 7. The van der Waals surface area contributed by atoms with Crippen molar-refractivity contribution >= 4 is 17.5 Å². The fraction of sp³-hybridized carbons (Fsp3) is 0.235. The van der Waals surface area contributed by atoms with Crippen LogP contribution in [0.4, 0.5) is 0 Å². The van der Waals surface area contributed by atoms with Gasteiger partial charge in [-0.05, 0) is 26.8 Å². The minimum absolute atomic E-state index is 0.508. The first-order chi connectivity index (χ1) is 12.1. The Kier molecular flexibility index (Phi) is 3.96. The van der Waals surface area contributed by atoms with E-state index in [2.05, 4.69) is 25.2 Å². The molecule has 0 aliphatic rings. The molecule has 25 heavy (non-hydrogen) atoms. The number of aryl methyl sites for hydroxylation is 3. The van der Waals surface area contributed by atoms with Gasteiger partial charge in [-0.25, -0.2) is 9.50 Å². The van der Waals surface area contributed by atoms with E-state index in [9.17, 15) is 0 Å². The summed E-state index contributed by atoms with van der Waals surface area (Å²) in [5, 5.41) is 9.13. The minimum Gasteiger partial charge on any atom is -0.338 e. The molecule has 0 saturated heterocycles. The summed E-state index contributed by atoms with van der Waals surface area (Å²) in [5.74, 6) is 2.24. The highest BCUT2D eigenvalue weighted by atomic mass is 32.2. The van der Waals surface area contributed by atoms with Crippen molar-refractivity contribution < 1.29 is 4.52 Å². The number of thioether (sulfide) groups is 1. The fourth-order valence-corrected chi connectivity index (χ4v) is 3.12. The van der Waals surface area contributed by atoms with Gasteiger partial charge in [0.1, 0.15) is 0 Å². The highest BCUT2D eigenvalue weighted by Crippen LogP contribution is 2.22. The lowest BCUT2D eigenvalue weighted by molar-refractivity contribution is 0.391. The van der Waals surface area contributed by atoms with E-state index in [1.165, 1.54) is 17.3 Å². The second-order valence-electron chi connectivity index (χ2n) is 5.81. The Bertz CT molecular complexity index is 1040. The van der Waals surface area contributed by atoms with Gasteiger partial charge < -0.3 is 4.52 Å². The Hall–Kier alpha value is -2.74. The molecule has 0 aliphatic heterocycles. The van der Waals surface area contributed by atoms with Crippen molar-refractivity contribution in [2.75, 3.05) is 0 Å². The van der Waals surface area contributed by atoms with Crippen LogP contribution in [0.2, 0.25) is 0 Å². The zero-order valence-electron chi connectivity index (χ0n) is 14.1. The molecule has 0 N–H and O–H groups in total. The number of hydrogen-bond donors (Lipinski definition) is 0. The molecule has 7 nitrogen and oxygen atoms in total. The largest absolute Gasteiger partial charge is 0.338 e. The average Bonchev–Trinajstić information content (AvgIpc) is 3.20. The van der Waals surface area contributed by atoms with Gasteiger partial charge in [-0.1, -0.05) is 46.7 Å². The molecule has 4 rings (SSSR count). The Morgan fingerprint density at radius 2 is 1.84 bits per heavy atom. The predicted octanol–water partition coefficient (Wildman–Crippen LogP) is 3.39. The van der Waals surface area contributed by atoms with Crippen molar-refractivity contribution in [2.45, 2.75) is 31.7 Å². The normalized spacial score (nSPS) is 11.3. The number of nitrogens with zero attached hydrogens (tertiary/aromatic N) is 6. The van der Waals surface area contributed by atoms with Gasteiger partial charge in [-0.3, -0.25) is 0 Å². The second kappa shape index (κ2) is 6.29. The number of fused-ring (bicyclic) bond motifs is 1. The van der Waals surface area contributed by atoms with E-state index in [0.29, 0.717) is 28.4 Å². The zero-order valence-corrected chi connectivity index (χ0v) is 14.9. The molecule has 4 aromatic rings. The van der Waals surface area contributed by atoms with Gasteiger partial charge in [0.2, 0.25) is 16.9 Å². The molecule has 0 bridgehead atoms. The molecule has 0 saturated carbocycles. The highest BCUT2D eigenvalue weighted by molar-refractivity contribution is 7.98. The molecule has 0 fully saturated rings. The van der Waals surface area contributed by atoms with Gasteiger partial charge in [0.25, 0.3) is 5.78 Å². The van der Waals surface area contributed by atoms with E-state index in [1.54, 1.807) is 4.52 Å². The maximum absolute atomic E-state index is 5.33. The van der Waals surface area contributed by atoms with Crippen LogP contribution < -0.4 is 0 Å². The molecule has 0 unspecified atom stereocenters. The van der Waals surface area contributed by atoms with Crippen LogP contribution in [0.3, 0.4) is 0 Å². The molecule has 3 aromatic heterocycles. The predicted molar refractivity (Wildman–Crippen MR) is 94.3 cm³/mol. The van der Waals surface area contributed by atoms with Crippen LogP contribution in [0.1, 0.15) is 22.8 Å². The number of benzene rings is 1. The van der Waals surface area contributed by atoms with Crippen LogP contribution in [-0.2, 0) is 5.75 Å². The van der Waals surface area contributed by atoms with Crippen molar-refractivity contribution in [3.8, 4) is 11.4 Å². The van der Waals surface area contributed by atoms with Crippen LogP contribution in [0.25, 0.3) is 17.2 Å². The van der Waals surface area contributed by atoms with Gasteiger partial charge in [0, 0.05) is 17.0 Å². The molecule has 3 heterocycles. The van der Waals surface area contributed by atoms with Crippen LogP contribution in [0.15, 0.2) is 40.0 Å². The average molecular weight is 352 g/mol. The van der Waals surface area contributed by atoms with E-state index in [4.69, 9.17) is 4.52 Å². The summed E-state index contributed by atoms with van der Waals surface area (Å²) < 4.78 is 7.07. The van der Waals surface area contributed by atoms with Crippen molar-refractivity contribution in [2.24, 2.45) is 0 Å². The lowest BCUT2D eigenvalue weighted by Crippen LogP contribution is -1.97. The monoisotopic (exact) mass is 352 g/mol. The fourth-order valence-electron chi connectivity index (χ4n) is 2.47. The van der Waals surface area contributed by atoms with E-state index in [1.807, 2.05) is 51.1 Å². The summed E-state index contributed by atoms with van der Waals surface area (Å²) in [5.41, 5.74) is 4.06. The Morgan fingerprint density at radius 3 is 2.64 bits per heavy atom. The lowest BCUT2D eigenvalue weighted by Gasteiger charge is -1.97. The van der Waals surface area contributed by atoms with Gasteiger partial charge >= 0.3 is 0 Å². The third kappa shape index (κ3) is 3.25. The van der Waals surface area contributed by atoms with Crippen LogP contribution in [0, 0.1) is 20.8 Å². The maximum Gasteiger partial charge on any atom is 0.253 e. The standard InChI is InChI=1S/C17H16N6OS/c1-10-4-6-13(7-5-10)15-19-14(24-22-15)9-25-17-20-16-18-11(2)8-12(3)23(16)21-17/h4-8H,9H2,1-3H3. The molecule has 126 valence electrons. The van der Waals surface area contributed by atoms with Crippen molar-refractivity contribution in [1.29, 1.82) is 0 Å². The summed E-state index contributed by atoms with van der Waals surface area (Å²) in [4.78, 5) is 13.3. The Morgan fingerprint density at radius 1 is 1.04 bits per heavy atom. The maximum atomic E-state index is 5.33. The minimum atomic E-state index is 0.508. The van der Waals surface area contributed by atoms with Crippen molar-refractivity contribution in [1.82, 2.24) is 29.7 Å². The van der Waals surface area contributed by atoms with Gasteiger partial charge in [0.05, 0.1) is 5.75 Å². The molecule has 0 spiro atoms. The summed E-state index contributed by atoms with van der Waals surface area (Å²) >= 11 is 1.45. The molecule has 1 aromatic carbocycles. The molecule has 8 heteroatoms. The van der Waals surface area contributed by atoms with Gasteiger partial charge in [-0.2, -0.15) is 9.97 Å². The molecule has 0 amide bonds. The van der Waals surface area contributed by atoms with E-state index < -0.39 is 0 Å². The van der Waals surface area contributed by atoms with Crippen molar-refractivity contribution in [3.05, 3.63) is 53.2 Å². The van der Waals surface area contributed by atoms with Gasteiger partial charge in [0.15, 0.2) is 0 Å². The first-order valence-corrected chi connectivity index (χ1v) is 8.80. The third-order valence-electron chi connectivity index (χ3n) is 3.70. The number of rotatable bonds is 4. The Labute approximate surface area is 148 Å². The quantitative estimate of drug-likeness (QED) is 0.521. The molecule has 0 radical (unpaired) electrons. The lowest BCUT2D eigenvalue weighted by atomic mass is 10.1. The molecule has 0 atom stereocenters. The highest BCUT2D eigenvalue weighted by Gasteiger charge is 2.12. The van der Waals surface area contributed by atoms with Gasteiger partial charge in [-0.15, -0.1) is 5.10 Å². The van der Waals surface area contributed by atoms with Crippen LogP contribution in [-0.4, -0.2) is 29.7 Å². The van der Waals surface area contributed by atoms with E-state index >= 15 is 0 Å². The third-order valence-corrected chi connectivity index (χ3v) is 4.52. The summed E-state index contributed by atoms with van der Waals surface area (Å²) in [6.07, 6.45) is 0. The number of aromatic nitrogens is 6. The van der Waals surface area contributed by atoms with Crippen LogP contribution in [0.5, 0.6) is 0 Å².